The zero-order valence-electron chi connectivity index (χ0n) is 15.8. The van der Waals surface area contributed by atoms with Gasteiger partial charge in [0.05, 0.1) is 11.8 Å². The fourth-order valence-electron chi connectivity index (χ4n) is 3.48. The first-order chi connectivity index (χ1) is 11.5. The molecule has 1 aliphatic rings. The van der Waals surface area contributed by atoms with Crippen molar-refractivity contribution in [3.63, 3.8) is 0 Å². The van der Waals surface area contributed by atoms with E-state index < -0.39 is 5.97 Å². The first-order valence-corrected chi connectivity index (χ1v) is 9.89. The van der Waals surface area contributed by atoms with E-state index in [0.717, 1.165) is 12.8 Å². The molecule has 0 amide bonds. The van der Waals surface area contributed by atoms with Crippen LogP contribution in [-0.4, -0.2) is 23.1 Å². The lowest BCUT2D eigenvalue weighted by molar-refractivity contribution is -0.159. The first-order valence-electron chi connectivity index (χ1n) is 9.89. The maximum Gasteiger partial charge on any atom is 0.309 e. The van der Waals surface area contributed by atoms with Gasteiger partial charge in [0.2, 0.25) is 0 Å². The molecule has 1 saturated carbocycles. The molecule has 4 heteroatoms. The van der Waals surface area contributed by atoms with Crippen LogP contribution in [0.4, 0.5) is 0 Å². The highest BCUT2D eigenvalue weighted by Crippen LogP contribution is 2.30. The number of ether oxygens (including phenoxy) is 1. The van der Waals surface area contributed by atoms with Gasteiger partial charge in [-0.1, -0.05) is 52.9 Å². The van der Waals surface area contributed by atoms with Crippen molar-refractivity contribution in [1.82, 2.24) is 0 Å². The Labute approximate surface area is 147 Å². The molecule has 0 aromatic heterocycles. The first kappa shape index (κ1) is 21.0. The number of rotatable bonds is 11. The van der Waals surface area contributed by atoms with E-state index >= 15 is 0 Å². The average Bonchev–Trinajstić information content (AvgIpc) is 2.56. The minimum absolute atomic E-state index is 0.000808. The van der Waals surface area contributed by atoms with Crippen molar-refractivity contribution < 1.29 is 19.4 Å². The highest BCUT2D eigenvalue weighted by Gasteiger charge is 2.32. The van der Waals surface area contributed by atoms with Gasteiger partial charge in [-0.05, 0) is 44.4 Å². The van der Waals surface area contributed by atoms with Crippen molar-refractivity contribution in [3.05, 3.63) is 0 Å². The minimum Gasteiger partial charge on any atom is -0.481 e. The van der Waals surface area contributed by atoms with Gasteiger partial charge in [0.1, 0.15) is 6.10 Å². The van der Waals surface area contributed by atoms with Crippen LogP contribution < -0.4 is 0 Å². The molecule has 1 N–H and O–H groups in total. The topological polar surface area (TPSA) is 63.6 Å². The SMILES string of the molecule is CCCCCCCCC(OC(=O)C1CCC(C(=O)O)CC1)C(C)C. The number of unbranched alkanes of at least 4 members (excludes halogenated alkanes) is 5. The number of hydrogen-bond donors (Lipinski definition) is 1. The standard InChI is InChI=1S/C20H36O4/c1-4-5-6-7-8-9-10-18(15(2)3)24-20(23)17-13-11-16(12-14-17)19(21)22/h15-18H,4-14H2,1-3H3,(H,21,22). The molecule has 0 aromatic rings. The predicted octanol–water partition coefficient (Wildman–Crippen LogP) is 5.20. The summed E-state index contributed by atoms with van der Waals surface area (Å²) in [6, 6.07) is 0. The molecule has 1 aliphatic carbocycles. The van der Waals surface area contributed by atoms with Crippen molar-refractivity contribution in [2.24, 2.45) is 17.8 Å². The van der Waals surface area contributed by atoms with Gasteiger partial charge in [-0.15, -0.1) is 0 Å². The Balaban J connectivity index is 2.31. The van der Waals surface area contributed by atoms with Crippen molar-refractivity contribution in [3.8, 4) is 0 Å². The zero-order valence-corrected chi connectivity index (χ0v) is 15.8. The molecule has 1 unspecified atom stereocenters. The molecule has 24 heavy (non-hydrogen) atoms. The molecule has 0 heterocycles. The summed E-state index contributed by atoms with van der Waals surface area (Å²) in [5, 5.41) is 9.04. The van der Waals surface area contributed by atoms with Crippen LogP contribution in [0.25, 0.3) is 0 Å². The highest BCUT2D eigenvalue weighted by atomic mass is 16.5. The number of carbonyl (C=O) groups is 2. The average molecular weight is 341 g/mol. The lowest BCUT2D eigenvalue weighted by Gasteiger charge is -2.28. The van der Waals surface area contributed by atoms with Gasteiger partial charge in [-0.3, -0.25) is 9.59 Å². The summed E-state index contributed by atoms with van der Waals surface area (Å²) in [6.07, 6.45) is 10.9. The highest BCUT2D eigenvalue weighted by molar-refractivity contribution is 5.74. The van der Waals surface area contributed by atoms with Gasteiger partial charge in [0.25, 0.3) is 0 Å². The van der Waals surface area contributed by atoms with Gasteiger partial charge >= 0.3 is 11.9 Å². The summed E-state index contributed by atoms with van der Waals surface area (Å²) in [4.78, 5) is 23.4. The maximum absolute atomic E-state index is 12.4. The lowest BCUT2D eigenvalue weighted by atomic mass is 9.82. The monoisotopic (exact) mass is 340 g/mol. The predicted molar refractivity (Wildman–Crippen MR) is 95.8 cm³/mol. The van der Waals surface area contributed by atoms with Crippen LogP contribution in [0.15, 0.2) is 0 Å². The molecule has 1 rings (SSSR count). The van der Waals surface area contributed by atoms with E-state index in [2.05, 4.69) is 20.8 Å². The van der Waals surface area contributed by atoms with E-state index in [1.165, 1.54) is 32.1 Å². The van der Waals surface area contributed by atoms with E-state index in [1.54, 1.807) is 0 Å². The van der Waals surface area contributed by atoms with Crippen molar-refractivity contribution >= 4 is 11.9 Å². The number of esters is 1. The van der Waals surface area contributed by atoms with Crippen molar-refractivity contribution in [2.45, 2.75) is 97.5 Å². The van der Waals surface area contributed by atoms with E-state index in [9.17, 15) is 9.59 Å². The van der Waals surface area contributed by atoms with E-state index in [-0.39, 0.29) is 23.9 Å². The van der Waals surface area contributed by atoms with Crippen LogP contribution in [0.1, 0.15) is 91.4 Å². The normalized spacial score (nSPS) is 22.3. The number of carboxylic acids is 1. The molecule has 0 bridgehead atoms. The summed E-state index contributed by atoms with van der Waals surface area (Å²) < 4.78 is 5.79. The summed E-state index contributed by atoms with van der Waals surface area (Å²) in [7, 11) is 0. The Morgan fingerprint density at radius 1 is 0.958 bits per heavy atom. The van der Waals surface area contributed by atoms with E-state index in [4.69, 9.17) is 9.84 Å². The number of aliphatic carboxylic acids is 1. The Kier molecular flexibility index (Phi) is 10.0. The molecule has 0 aromatic carbocycles. The molecule has 0 aliphatic heterocycles. The smallest absolute Gasteiger partial charge is 0.309 e. The van der Waals surface area contributed by atoms with Gasteiger partial charge < -0.3 is 9.84 Å². The summed E-state index contributed by atoms with van der Waals surface area (Å²) in [5.74, 6) is -0.891. The Bertz CT molecular complexity index is 370. The molecule has 1 atom stereocenters. The fraction of sp³-hybridized carbons (Fsp3) is 0.900. The molecule has 0 saturated heterocycles. The molecule has 0 radical (unpaired) electrons. The number of hydrogen-bond acceptors (Lipinski definition) is 3. The summed E-state index contributed by atoms with van der Waals surface area (Å²) >= 11 is 0. The second-order valence-corrected chi connectivity index (χ2v) is 7.66. The summed E-state index contributed by atoms with van der Waals surface area (Å²) in [6.45, 7) is 6.44. The van der Waals surface area contributed by atoms with Gasteiger partial charge in [0.15, 0.2) is 0 Å². The molecule has 0 spiro atoms. The number of carboxylic acid groups (broad SMARTS) is 1. The second kappa shape index (κ2) is 11.5. The van der Waals surface area contributed by atoms with Crippen LogP contribution in [0.2, 0.25) is 0 Å². The third-order valence-electron chi connectivity index (χ3n) is 5.26. The van der Waals surface area contributed by atoms with Crippen molar-refractivity contribution in [1.29, 1.82) is 0 Å². The third kappa shape index (κ3) is 7.67. The third-order valence-corrected chi connectivity index (χ3v) is 5.26. The Hall–Kier alpha value is -1.06. The summed E-state index contributed by atoms with van der Waals surface area (Å²) in [5.41, 5.74) is 0. The lowest BCUT2D eigenvalue weighted by Crippen LogP contribution is -2.31. The van der Waals surface area contributed by atoms with Crippen LogP contribution in [-0.2, 0) is 14.3 Å². The van der Waals surface area contributed by atoms with Gasteiger partial charge in [-0.2, -0.15) is 0 Å². The Morgan fingerprint density at radius 3 is 2.04 bits per heavy atom. The van der Waals surface area contributed by atoms with E-state index in [1.807, 2.05) is 0 Å². The second-order valence-electron chi connectivity index (χ2n) is 7.66. The van der Waals surface area contributed by atoms with Crippen LogP contribution in [0.3, 0.4) is 0 Å². The van der Waals surface area contributed by atoms with Crippen LogP contribution in [0, 0.1) is 17.8 Å². The fourth-order valence-corrected chi connectivity index (χ4v) is 3.48. The van der Waals surface area contributed by atoms with Crippen LogP contribution in [0.5, 0.6) is 0 Å². The molecule has 1 fully saturated rings. The zero-order chi connectivity index (χ0) is 17.9. The maximum atomic E-state index is 12.4. The molecular formula is C20H36O4. The van der Waals surface area contributed by atoms with Crippen LogP contribution >= 0.6 is 0 Å². The minimum atomic E-state index is -0.732. The van der Waals surface area contributed by atoms with Gasteiger partial charge in [0, 0.05) is 0 Å². The Morgan fingerprint density at radius 2 is 1.50 bits per heavy atom. The largest absolute Gasteiger partial charge is 0.481 e. The molecule has 4 nitrogen and oxygen atoms in total. The quantitative estimate of drug-likeness (QED) is 0.415. The molecule has 140 valence electrons. The van der Waals surface area contributed by atoms with E-state index in [0.29, 0.717) is 31.6 Å². The van der Waals surface area contributed by atoms with Crippen molar-refractivity contribution in [2.75, 3.05) is 0 Å². The molecular weight excluding hydrogens is 304 g/mol. The number of carbonyl (C=O) groups excluding carboxylic acids is 1. The van der Waals surface area contributed by atoms with Gasteiger partial charge in [-0.25, -0.2) is 0 Å².